The number of hydrogen-bond donors (Lipinski definition) is 4. The number of nitro groups is 1. The van der Waals surface area contributed by atoms with Gasteiger partial charge in [-0.05, 0) is 48.6 Å². The van der Waals surface area contributed by atoms with Gasteiger partial charge in [-0.3, -0.25) is 43.9 Å². The summed E-state index contributed by atoms with van der Waals surface area (Å²) >= 11 is 0. The van der Waals surface area contributed by atoms with Crippen LogP contribution in [0, 0.1) is 16.0 Å². The van der Waals surface area contributed by atoms with Gasteiger partial charge >= 0.3 is 12.2 Å². The van der Waals surface area contributed by atoms with Crippen molar-refractivity contribution in [2.45, 2.75) is 51.8 Å². The first kappa shape index (κ1) is 38.1. The third-order valence-corrected chi connectivity index (χ3v) is 7.36. The molecule has 0 radical (unpaired) electrons. The van der Waals surface area contributed by atoms with E-state index in [9.17, 15) is 43.7 Å². The summed E-state index contributed by atoms with van der Waals surface area (Å²) < 4.78 is 10.1. The van der Waals surface area contributed by atoms with E-state index >= 15 is 0 Å². The van der Waals surface area contributed by atoms with Gasteiger partial charge in [0, 0.05) is 49.5 Å². The molecule has 18 nitrogen and oxygen atoms in total. The molecular weight excluding hydrogens is 658 g/mol. The Morgan fingerprint density at radius 2 is 1.58 bits per heavy atom. The highest BCUT2D eigenvalue weighted by Crippen LogP contribution is 2.24. The molecule has 0 unspecified atom stereocenters. The minimum absolute atomic E-state index is 0.00560. The molecule has 0 spiro atoms. The second-order valence-electron chi connectivity index (χ2n) is 11.3. The Morgan fingerprint density at radius 3 is 2.12 bits per heavy atom. The lowest BCUT2D eigenvalue weighted by atomic mass is 9.99. The first-order valence-corrected chi connectivity index (χ1v) is 15.3. The predicted molar refractivity (Wildman–Crippen MR) is 175 cm³/mol. The average molecular weight is 696 g/mol. The topological polar surface area (TPSA) is 264 Å². The van der Waals surface area contributed by atoms with Crippen molar-refractivity contribution in [3.63, 3.8) is 0 Å². The van der Waals surface area contributed by atoms with Gasteiger partial charge in [0.05, 0.1) is 4.92 Å². The number of primary amides is 2. The largest absolute Gasteiger partial charge is 0.514 e. The van der Waals surface area contributed by atoms with Gasteiger partial charge in [-0.1, -0.05) is 26.0 Å². The van der Waals surface area contributed by atoms with Crippen molar-refractivity contribution < 1.29 is 48.0 Å². The van der Waals surface area contributed by atoms with E-state index in [2.05, 4.69) is 10.6 Å². The third kappa shape index (κ3) is 10.9. The number of hydrogen-bond acceptors (Lipinski definition) is 11. The summed E-state index contributed by atoms with van der Waals surface area (Å²) in [4.78, 5) is 99.2. The molecule has 1 aliphatic heterocycles. The van der Waals surface area contributed by atoms with E-state index in [1.807, 2.05) is 0 Å². The van der Waals surface area contributed by atoms with Crippen LogP contribution in [-0.4, -0.2) is 76.7 Å². The van der Waals surface area contributed by atoms with Crippen molar-refractivity contribution >= 4 is 53.1 Å². The quantitative estimate of drug-likeness (QED) is 0.0459. The summed E-state index contributed by atoms with van der Waals surface area (Å²) in [6, 6.07) is 7.59. The molecule has 7 amide bonds. The first-order chi connectivity index (χ1) is 23.7. The highest BCUT2D eigenvalue weighted by atomic mass is 16.7. The lowest BCUT2D eigenvalue weighted by Gasteiger charge is -2.34. The Labute approximate surface area is 285 Å². The van der Waals surface area contributed by atoms with Crippen LogP contribution in [0.2, 0.25) is 0 Å². The maximum Gasteiger partial charge on any atom is 0.514 e. The van der Waals surface area contributed by atoms with Gasteiger partial charge in [-0.15, -0.1) is 0 Å². The number of carbonyl (C=O) groups excluding carboxylic acids is 7. The van der Waals surface area contributed by atoms with E-state index in [1.165, 1.54) is 36.4 Å². The Kier molecular flexibility index (Phi) is 13.5. The van der Waals surface area contributed by atoms with Crippen molar-refractivity contribution in [3.05, 3.63) is 76.4 Å². The smallest absolute Gasteiger partial charge is 0.429 e. The van der Waals surface area contributed by atoms with Crippen LogP contribution in [0.15, 0.2) is 60.7 Å². The molecule has 1 heterocycles. The highest BCUT2D eigenvalue weighted by Gasteiger charge is 2.36. The lowest BCUT2D eigenvalue weighted by Crippen LogP contribution is -2.57. The highest BCUT2D eigenvalue weighted by molar-refractivity contribution is 6.13. The molecule has 0 aromatic heterocycles. The number of nitrogens with two attached hydrogens (primary N) is 2. The summed E-state index contributed by atoms with van der Waals surface area (Å²) in [5.74, 6) is -3.77. The minimum Gasteiger partial charge on any atom is -0.429 e. The number of amides is 7. The van der Waals surface area contributed by atoms with E-state index < -0.39 is 64.6 Å². The molecule has 2 aromatic rings. The van der Waals surface area contributed by atoms with Gasteiger partial charge in [0.25, 0.3) is 23.4 Å². The van der Waals surface area contributed by atoms with Gasteiger partial charge in [0.1, 0.15) is 24.4 Å². The fraction of sp³-hybridized carbons (Fsp3) is 0.344. The predicted octanol–water partition coefficient (Wildman–Crippen LogP) is 1.40. The molecule has 2 aromatic carbocycles. The number of non-ortho nitro benzene ring substituents is 1. The second kappa shape index (κ2) is 17.7. The van der Waals surface area contributed by atoms with Crippen LogP contribution in [0.25, 0.3) is 0 Å². The number of nitrogens with one attached hydrogen (secondary N) is 2. The number of nitrogens with zero attached hydrogens (tertiary/aromatic N) is 3. The molecule has 3 rings (SSSR count). The Balaban J connectivity index is 1.78. The molecule has 6 N–H and O–H groups in total. The number of rotatable bonds is 17. The number of imide groups is 1. The molecule has 0 aliphatic carbocycles. The van der Waals surface area contributed by atoms with Crippen molar-refractivity contribution in [1.82, 2.24) is 15.5 Å². The molecule has 2 atom stereocenters. The number of benzene rings is 2. The molecule has 0 bridgehead atoms. The van der Waals surface area contributed by atoms with E-state index in [0.29, 0.717) is 5.56 Å². The summed E-state index contributed by atoms with van der Waals surface area (Å²) in [6.07, 6.45) is 1.02. The Bertz CT molecular complexity index is 1620. The van der Waals surface area contributed by atoms with Gasteiger partial charge in [-0.2, -0.15) is 0 Å². The van der Waals surface area contributed by atoms with Gasteiger partial charge in [0.15, 0.2) is 0 Å². The summed E-state index contributed by atoms with van der Waals surface area (Å²) in [6.45, 7) is 2.96. The summed E-state index contributed by atoms with van der Waals surface area (Å²) in [5, 5.41) is 15.9. The maximum atomic E-state index is 14.2. The average Bonchev–Trinajstić information content (AvgIpc) is 3.39. The molecule has 0 fully saturated rings. The third-order valence-electron chi connectivity index (χ3n) is 7.36. The fourth-order valence-corrected chi connectivity index (χ4v) is 4.80. The van der Waals surface area contributed by atoms with E-state index in [-0.39, 0.29) is 56.1 Å². The van der Waals surface area contributed by atoms with Crippen molar-refractivity contribution in [2.75, 3.05) is 18.0 Å². The van der Waals surface area contributed by atoms with E-state index in [1.54, 1.807) is 13.8 Å². The van der Waals surface area contributed by atoms with Gasteiger partial charge in [-0.25, -0.2) is 9.59 Å². The molecule has 0 saturated carbocycles. The van der Waals surface area contributed by atoms with Gasteiger partial charge < -0.3 is 31.6 Å². The van der Waals surface area contributed by atoms with Crippen molar-refractivity contribution in [3.8, 4) is 5.75 Å². The summed E-state index contributed by atoms with van der Waals surface area (Å²) in [7, 11) is 0. The van der Waals surface area contributed by atoms with Crippen LogP contribution in [-0.2, 0) is 35.3 Å². The zero-order valence-electron chi connectivity index (χ0n) is 27.2. The number of nitro benzene ring substituents is 1. The molecular formula is C32H37N7O11. The molecule has 50 heavy (non-hydrogen) atoms. The van der Waals surface area contributed by atoms with Crippen LogP contribution in [0.5, 0.6) is 5.75 Å². The maximum absolute atomic E-state index is 14.2. The first-order valence-electron chi connectivity index (χ1n) is 15.3. The van der Waals surface area contributed by atoms with E-state index in [0.717, 1.165) is 34.1 Å². The van der Waals surface area contributed by atoms with Crippen LogP contribution in [0.4, 0.5) is 21.0 Å². The summed E-state index contributed by atoms with van der Waals surface area (Å²) in [5.41, 5.74) is 11.4. The number of urea groups is 1. The van der Waals surface area contributed by atoms with Crippen LogP contribution in [0.1, 0.15) is 38.7 Å². The monoisotopic (exact) mass is 695 g/mol. The number of carbonyl (C=O) groups is 7. The van der Waals surface area contributed by atoms with E-state index in [4.69, 9.17) is 20.9 Å². The van der Waals surface area contributed by atoms with Gasteiger partial charge in [0.2, 0.25) is 11.8 Å². The lowest BCUT2D eigenvalue weighted by molar-refractivity contribution is -0.384. The molecule has 0 saturated heterocycles. The zero-order chi connectivity index (χ0) is 37.0. The van der Waals surface area contributed by atoms with Crippen molar-refractivity contribution in [1.29, 1.82) is 0 Å². The fourth-order valence-electron chi connectivity index (χ4n) is 4.80. The molecule has 18 heteroatoms. The normalized spacial score (nSPS) is 13.4. The van der Waals surface area contributed by atoms with Crippen molar-refractivity contribution in [2.24, 2.45) is 17.4 Å². The second-order valence-corrected chi connectivity index (χ2v) is 11.3. The molecule has 1 aliphatic rings. The Hall–Kier alpha value is -6.33. The molecule has 266 valence electrons. The SMILES string of the molecule is CC(C)[C@H](NC(=O)CCN1C(=O)C=CC1=O)C(=O)N(c1ccc(COC(=O)Oc2ccc([N+](=O)[O-])cc2)cc1)[C@@H](CCCNC(N)=O)C(N)=O. The standard InChI is InChI=1S/C32H37N7O11/c1-19(2)28(36-25(40)15-17-37-26(41)13-14-27(37)42)30(44)38(24(29(33)43)4-3-16-35-31(34)45)21-7-5-20(6-8-21)18-49-32(46)50-23-11-9-22(10-12-23)39(47)48/h5-14,19,24,28H,3-4,15-18H2,1-2H3,(H2,33,43)(H,36,40)(H3,34,35,45)/t24-,28-/m0/s1. The van der Waals surface area contributed by atoms with Crippen LogP contribution in [0.3, 0.4) is 0 Å². The number of anilines is 1. The number of ether oxygens (including phenoxy) is 2. The Morgan fingerprint density at radius 1 is 0.960 bits per heavy atom. The zero-order valence-corrected chi connectivity index (χ0v) is 27.2. The minimum atomic E-state index is -1.24. The van der Waals surface area contributed by atoms with Crippen LogP contribution >= 0.6 is 0 Å². The van der Waals surface area contributed by atoms with Crippen LogP contribution < -0.4 is 31.7 Å².